The number of fused-ring (bicyclic) bond motifs is 1. The quantitative estimate of drug-likeness (QED) is 0.738. The molecule has 29 heavy (non-hydrogen) atoms. The number of benzene rings is 1. The first-order valence-electron chi connectivity index (χ1n) is 9.17. The van der Waals surface area contributed by atoms with Crippen LogP contribution in [0.5, 0.6) is 0 Å². The Bertz CT molecular complexity index is 1190. The van der Waals surface area contributed by atoms with Crippen molar-refractivity contribution < 1.29 is 13.6 Å². The van der Waals surface area contributed by atoms with E-state index >= 15 is 0 Å². The zero-order valence-corrected chi connectivity index (χ0v) is 15.7. The molecule has 148 valence electrons. The highest BCUT2D eigenvalue weighted by Crippen LogP contribution is 2.24. The number of rotatable bonds is 3. The highest BCUT2D eigenvalue weighted by atomic mass is 19.2. The number of aromatic amines is 1. The van der Waals surface area contributed by atoms with E-state index < -0.39 is 17.2 Å². The van der Waals surface area contributed by atoms with Gasteiger partial charge in [0.25, 0.3) is 5.56 Å². The Morgan fingerprint density at radius 3 is 2.76 bits per heavy atom. The van der Waals surface area contributed by atoms with Crippen LogP contribution in [0.25, 0.3) is 16.5 Å². The van der Waals surface area contributed by atoms with Gasteiger partial charge in [0, 0.05) is 42.0 Å². The number of hydrogen-bond donors (Lipinski definition) is 1. The maximum Gasteiger partial charge on any atom is 0.252 e. The summed E-state index contributed by atoms with van der Waals surface area (Å²) in [6.45, 7) is 2.43. The number of halogens is 2. The molecule has 0 saturated heterocycles. The molecule has 1 N–H and O–H groups in total. The fraction of sp³-hybridized carbons (Fsp3) is 0.238. The minimum atomic E-state index is -1.03. The van der Waals surface area contributed by atoms with Crippen LogP contribution in [0.15, 0.2) is 41.7 Å². The van der Waals surface area contributed by atoms with Crippen LogP contribution < -0.4 is 5.56 Å². The van der Waals surface area contributed by atoms with Crippen LogP contribution >= 0.6 is 0 Å². The van der Waals surface area contributed by atoms with Crippen LogP contribution in [-0.2, 0) is 11.2 Å². The lowest BCUT2D eigenvalue weighted by Crippen LogP contribution is -2.37. The van der Waals surface area contributed by atoms with Gasteiger partial charge in [0.1, 0.15) is 6.33 Å². The largest absolute Gasteiger partial charge is 0.338 e. The summed E-state index contributed by atoms with van der Waals surface area (Å²) in [5.41, 5.74) is 1.92. The predicted molar refractivity (Wildman–Crippen MR) is 104 cm³/mol. The summed E-state index contributed by atoms with van der Waals surface area (Å²) in [4.78, 5) is 37.6. The lowest BCUT2D eigenvalue weighted by Gasteiger charge is -2.27. The first-order valence-corrected chi connectivity index (χ1v) is 9.17. The average Bonchev–Trinajstić information content (AvgIpc) is 2.74. The summed E-state index contributed by atoms with van der Waals surface area (Å²) in [6.07, 6.45) is 7.32. The standard InChI is InChI=1S/C21H18F2N4O2/c1-12-15(21(29)26-17-5-4-16(22)20(23)19(12)17)7-18(28)27-6-2-3-13(10-27)14-8-24-11-25-9-14/h3-5,8-9,11H,2,6-7,10H2,1H3,(H,26,29). The number of nitrogens with zero attached hydrogens (tertiary/aromatic N) is 3. The molecule has 1 amide bonds. The molecular formula is C21H18F2N4O2. The van der Waals surface area contributed by atoms with Crippen molar-refractivity contribution in [3.05, 3.63) is 75.6 Å². The molecule has 8 heteroatoms. The molecule has 1 aliphatic heterocycles. The predicted octanol–water partition coefficient (Wildman–Crippen LogP) is 2.76. The van der Waals surface area contributed by atoms with E-state index in [0.29, 0.717) is 19.5 Å². The number of hydrogen-bond acceptors (Lipinski definition) is 4. The average molecular weight is 396 g/mol. The second-order valence-corrected chi connectivity index (χ2v) is 6.98. The van der Waals surface area contributed by atoms with Crippen molar-refractivity contribution in [2.45, 2.75) is 19.8 Å². The molecule has 2 aromatic heterocycles. The molecule has 0 saturated carbocycles. The van der Waals surface area contributed by atoms with Gasteiger partial charge in [0.05, 0.1) is 11.9 Å². The number of aromatic nitrogens is 3. The molecule has 0 bridgehead atoms. The Hall–Kier alpha value is -3.42. The number of pyridine rings is 1. The van der Waals surface area contributed by atoms with E-state index in [4.69, 9.17) is 0 Å². The minimum absolute atomic E-state index is 0.00642. The van der Waals surface area contributed by atoms with Crippen LogP contribution in [0.3, 0.4) is 0 Å². The molecule has 3 heterocycles. The van der Waals surface area contributed by atoms with Crippen molar-refractivity contribution in [1.82, 2.24) is 19.9 Å². The normalized spacial score (nSPS) is 14.2. The third kappa shape index (κ3) is 3.53. The molecule has 1 aromatic carbocycles. The van der Waals surface area contributed by atoms with E-state index in [1.807, 2.05) is 6.08 Å². The number of aryl methyl sites for hydroxylation is 1. The third-order valence-electron chi connectivity index (χ3n) is 5.21. The van der Waals surface area contributed by atoms with Gasteiger partial charge in [0.15, 0.2) is 11.6 Å². The lowest BCUT2D eigenvalue weighted by atomic mass is 10.00. The van der Waals surface area contributed by atoms with Gasteiger partial charge in [-0.05, 0) is 36.6 Å². The maximum absolute atomic E-state index is 14.3. The number of amides is 1. The summed E-state index contributed by atoms with van der Waals surface area (Å²) in [5.74, 6) is -2.28. The van der Waals surface area contributed by atoms with Crippen LogP contribution in [0.2, 0.25) is 0 Å². The van der Waals surface area contributed by atoms with E-state index in [-0.39, 0.29) is 34.4 Å². The van der Waals surface area contributed by atoms with E-state index in [0.717, 1.165) is 17.2 Å². The molecule has 0 aliphatic carbocycles. The summed E-state index contributed by atoms with van der Waals surface area (Å²) >= 11 is 0. The van der Waals surface area contributed by atoms with Crippen LogP contribution in [-0.4, -0.2) is 38.8 Å². The first-order chi connectivity index (χ1) is 14.0. The number of carbonyl (C=O) groups is 1. The molecular weight excluding hydrogens is 378 g/mol. The number of carbonyl (C=O) groups excluding carboxylic acids is 1. The number of H-pyrrole nitrogens is 1. The van der Waals surface area contributed by atoms with Crippen molar-refractivity contribution in [3.8, 4) is 0 Å². The van der Waals surface area contributed by atoms with Crippen LogP contribution in [0.4, 0.5) is 8.78 Å². The van der Waals surface area contributed by atoms with Crippen molar-refractivity contribution in [1.29, 1.82) is 0 Å². The molecule has 3 aromatic rings. The van der Waals surface area contributed by atoms with Crippen molar-refractivity contribution in [3.63, 3.8) is 0 Å². The van der Waals surface area contributed by atoms with Gasteiger partial charge >= 0.3 is 0 Å². The zero-order valence-electron chi connectivity index (χ0n) is 15.7. The topological polar surface area (TPSA) is 79.0 Å². The highest BCUT2D eigenvalue weighted by Gasteiger charge is 2.23. The van der Waals surface area contributed by atoms with E-state index in [9.17, 15) is 18.4 Å². The number of nitrogens with one attached hydrogen (secondary N) is 1. The second-order valence-electron chi connectivity index (χ2n) is 6.98. The van der Waals surface area contributed by atoms with Gasteiger partial charge in [-0.1, -0.05) is 6.08 Å². The Morgan fingerprint density at radius 2 is 2.00 bits per heavy atom. The van der Waals surface area contributed by atoms with E-state index in [1.165, 1.54) is 19.3 Å². The van der Waals surface area contributed by atoms with Gasteiger partial charge < -0.3 is 9.88 Å². The van der Waals surface area contributed by atoms with E-state index in [2.05, 4.69) is 15.0 Å². The summed E-state index contributed by atoms with van der Waals surface area (Å²) in [7, 11) is 0. The Kier molecular flexibility index (Phi) is 4.92. The fourth-order valence-corrected chi connectivity index (χ4v) is 3.65. The minimum Gasteiger partial charge on any atom is -0.338 e. The Balaban J connectivity index is 1.62. The third-order valence-corrected chi connectivity index (χ3v) is 5.21. The highest BCUT2D eigenvalue weighted by molar-refractivity contribution is 5.87. The second kappa shape index (κ2) is 7.54. The van der Waals surface area contributed by atoms with Crippen LogP contribution in [0, 0.1) is 18.6 Å². The molecule has 1 aliphatic rings. The summed E-state index contributed by atoms with van der Waals surface area (Å²) < 4.78 is 28.0. The fourth-order valence-electron chi connectivity index (χ4n) is 3.65. The van der Waals surface area contributed by atoms with Gasteiger partial charge in [-0.3, -0.25) is 9.59 Å². The van der Waals surface area contributed by atoms with Crippen molar-refractivity contribution in [2.24, 2.45) is 0 Å². The maximum atomic E-state index is 14.3. The smallest absolute Gasteiger partial charge is 0.252 e. The van der Waals surface area contributed by atoms with Gasteiger partial charge in [-0.25, -0.2) is 18.7 Å². The van der Waals surface area contributed by atoms with Gasteiger partial charge in [-0.15, -0.1) is 0 Å². The monoisotopic (exact) mass is 396 g/mol. The molecule has 0 atom stereocenters. The summed E-state index contributed by atoms with van der Waals surface area (Å²) in [5, 5.41) is -0.00642. The molecule has 0 unspecified atom stereocenters. The van der Waals surface area contributed by atoms with Gasteiger partial charge in [0.2, 0.25) is 5.91 Å². The molecule has 0 fully saturated rings. The zero-order chi connectivity index (χ0) is 20.5. The van der Waals surface area contributed by atoms with Crippen molar-refractivity contribution >= 4 is 22.4 Å². The lowest BCUT2D eigenvalue weighted by molar-refractivity contribution is -0.130. The Morgan fingerprint density at radius 1 is 1.24 bits per heavy atom. The molecule has 4 rings (SSSR count). The molecule has 0 radical (unpaired) electrons. The summed E-state index contributed by atoms with van der Waals surface area (Å²) in [6, 6.07) is 2.28. The van der Waals surface area contributed by atoms with Crippen molar-refractivity contribution in [2.75, 3.05) is 13.1 Å². The molecule has 0 spiro atoms. The first kappa shape index (κ1) is 18.9. The SMILES string of the molecule is Cc1c(CC(=O)N2CCC=C(c3cncnc3)C2)c(=O)[nH]c2ccc(F)c(F)c12. The van der Waals surface area contributed by atoms with Crippen LogP contribution in [0.1, 0.15) is 23.1 Å². The van der Waals surface area contributed by atoms with Gasteiger partial charge in [-0.2, -0.15) is 0 Å². The Labute approximate surface area is 164 Å². The molecule has 6 nitrogen and oxygen atoms in total. The van der Waals surface area contributed by atoms with E-state index in [1.54, 1.807) is 17.3 Å².